The first kappa shape index (κ1) is 21.6. The van der Waals surface area contributed by atoms with Gasteiger partial charge in [0.2, 0.25) is 6.79 Å². The average molecular weight is 446 g/mol. The highest BCUT2D eigenvalue weighted by molar-refractivity contribution is 6.31. The van der Waals surface area contributed by atoms with E-state index in [0.717, 1.165) is 11.3 Å². The summed E-state index contributed by atoms with van der Waals surface area (Å²) in [5.41, 5.74) is 1.29. The third-order valence-electron chi connectivity index (χ3n) is 5.02. The van der Waals surface area contributed by atoms with Crippen LogP contribution in [0.2, 0.25) is 5.02 Å². The van der Waals surface area contributed by atoms with Crippen molar-refractivity contribution >= 4 is 22.5 Å². The summed E-state index contributed by atoms with van der Waals surface area (Å²) in [5, 5.41) is 11.4. The Balaban J connectivity index is 1.31. The number of nitrogens with zero attached hydrogens (tertiary/aromatic N) is 2. The van der Waals surface area contributed by atoms with E-state index >= 15 is 0 Å². The maximum atomic E-state index is 12.3. The number of aromatic nitrogens is 2. The van der Waals surface area contributed by atoms with Gasteiger partial charge in [0.15, 0.2) is 11.5 Å². The lowest BCUT2D eigenvalue weighted by Gasteiger charge is -2.23. The highest BCUT2D eigenvalue weighted by atomic mass is 35.5. The topological polar surface area (TPSA) is 96.9 Å². The lowest BCUT2D eigenvalue weighted by atomic mass is 10.2. The molecule has 2 aromatic carbocycles. The number of hydrogen-bond donors (Lipinski definition) is 2. The van der Waals surface area contributed by atoms with Crippen LogP contribution in [0.4, 0.5) is 0 Å². The van der Waals surface area contributed by atoms with E-state index in [9.17, 15) is 9.90 Å². The molecule has 0 unspecified atom stereocenters. The quantitative estimate of drug-likeness (QED) is 0.522. The summed E-state index contributed by atoms with van der Waals surface area (Å²) in [6.45, 7) is 4.22. The summed E-state index contributed by atoms with van der Waals surface area (Å²) in [5.74, 6) is 1.96. The molecule has 31 heavy (non-hydrogen) atoms. The first-order valence-electron chi connectivity index (χ1n) is 10.1. The van der Waals surface area contributed by atoms with Crippen molar-refractivity contribution in [3.8, 4) is 11.5 Å². The molecule has 0 fully saturated rings. The number of aliphatic hydroxyl groups excluding tert-OH is 1. The van der Waals surface area contributed by atoms with Crippen LogP contribution in [0.1, 0.15) is 18.3 Å². The normalized spacial score (nSPS) is 13.8. The van der Waals surface area contributed by atoms with Gasteiger partial charge < -0.3 is 24.3 Å². The van der Waals surface area contributed by atoms with Crippen LogP contribution < -0.4 is 15.0 Å². The number of fused-ring (bicyclic) bond motifs is 2. The maximum absolute atomic E-state index is 12.3. The molecule has 1 aliphatic heterocycles. The van der Waals surface area contributed by atoms with Crippen molar-refractivity contribution in [1.82, 2.24) is 14.9 Å². The zero-order chi connectivity index (χ0) is 21.8. The molecule has 2 N–H and O–H groups in total. The van der Waals surface area contributed by atoms with Crippen LogP contribution in [0.15, 0.2) is 41.2 Å². The summed E-state index contributed by atoms with van der Waals surface area (Å²) in [6.07, 6.45) is -0.685. The molecule has 0 aliphatic carbocycles. The van der Waals surface area contributed by atoms with E-state index in [1.165, 1.54) is 0 Å². The average Bonchev–Trinajstić information content (AvgIpc) is 3.21. The Morgan fingerprint density at radius 1 is 1.26 bits per heavy atom. The molecule has 0 saturated heterocycles. The molecule has 0 saturated carbocycles. The lowest BCUT2D eigenvalue weighted by molar-refractivity contribution is 0.00902. The minimum Gasteiger partial charge on any atom is -0.454 e. The van der Waals surface area contributed by atoms with E-state index in [4.69, 9.17) is 25.8 Å². The predicted molar refractivity (Wildman–Crippen MR) is 117 cm³/mol. The predicted octanol–water partition coefficient (Wildman–Crippen LogP) is 2.70. The molecule has 1 aliphatic rings. The van der Waals surface area contributed by atoms with Crippen molar-refractivity contribution in [2.75, 3.05) is 26.5 Å². The minimum absolute atomic E-state index is 0.183. The summed E-state index contributed by atoms with van der Waals surface area (Å²) < 4.78 is 16.3. The van der Waals surface area contributed by atoms with Crippen molar-refractivity contribution < 1.29 is 19.3 Å². The SMILES string of the molecule is CCN(Cc1nc2cc(Cl)ccc2c(=O)[nH]1)C[C@H](O)COCc1ccc2c(c1)OCO2. The third kappa shape index (κ3) is 5.34. The van der Waals surface area contributed by atoms with Gasteiger partial charge in [-0.1, -0.05) is 24.6 Å². The van der Waals surface area contributed by atoms with Gasteiger partial charge in [0.25, 0.3) is 5.56 Å². The van der Waals surface area contributed by atoms with Crippen LogP contribution >= 0.6 is 11.6 Å². The van der Waals surface area contributed by atoms with Gasteiger partial charge in [-0.25, -0.2) is 4.98 Å². The van der Waals surface area contributed by atoms with Crippen molar-refractivity contribution in [3.05, 3.63) is 63.2 Å². The second-order valence-corrected chi connectivity index (χ2v) is 7.79. The van der Waals surface area contributed by atoms with Crippen LogP contribution in [0.3, 0.4) is 0 Å². The molecular formula is C22H24ClN3O5. The van der Waals surface area contributed by atoms with Gasteiger partial charge in [-0.05, 0) is 42.4 Å². The largest absolute Gasteiger partial charge is 0.454 e. The van der Waals surface area contributed by atoms with Gasteiger partial charge in [0.1, 0.15) is 5.82 Å². The van der Waals surface area contributed by atoms with Gasteiger partial charge in [-0.15, -0.1) is 0 Å². The fourth-order valence-corrected chi connectivity index (χ4v) is 3.61. The van der Waals surface area contributed by atoms with E-state index in [2.05, 4.69) is 9.97 Å². The van der Waals surface area contributed by atoms with Crippen LogP contribution in [-0.2, 0) is 17.9 Å². The van der Waals surface area contributed by atoms with Gasteiger partial charge in [-0.3, -0.25) is 9.69 Å². The second-order valence-electron chi connectivity index (χ2n) is 7.36. The van der Waals surface area contributed by atoms with Crippen LogP contribution in [-0.4, -0.2) is 52.6 Å². The summed E-state index contributed by atoms with van der Waals surface area (Å²) in [6, 6.07) is 10.6. The van der Waals surface area contributed by atoms with Crippen LogP contribution in [0.5, 0.6) is 11.5 Å². The van der Waals surface area contributed by atoms with Crippen molar-refractivity contribution in [3.63, 3.8) is 0 Å². The Morgan fingerprint density at radius 3 is 2.94 bits per heavy atom. The van der Waals surface area contributed by atoms with E-state index in [1.54, 1.807) is 18.2 Å². The molecule has 164 valence electrons. The number of H-pyrrole nitrogens is 1. The summed E-state index contributed by atoms with van der Waals surface area (Å²) in [7, 11) is 0. The molecule has 1 atom stereocenters. The van der Waals surface area contributed by atoms with Crippen molar-refractivity contribution in [2.24, 2.45) is 0 Å². The standard InChI is InChI=1S/C22H24ClN3O5/c1-2-26(10-21-24-18-8-15(23)4-5-17(18)22(28)25-21)9-16(27)12-29-11-14-3-6-19-20(7-14)31-13-30-19/h3-8,16,27H,2,9-13H2,1H3,(H,24,25,28)/t16-/m0/s1. The molecule has 2 heterocycles. The molecule has 0 spiro atoms. The molecular weight excluding hydrogens is 422 g/mol. The molecule has 8 nitrogen and oxygen atoms in total. The van der Waals surface area contributed by atoms with E-state index < -0.39 is 6.10 Å². The zero-order valence-corrected chi connectivity index (χ0v) is 17.9. The van der Waals surface area contributed by atoms with Crippen molar-refractivity contribution in [2.45, 2.75) is 26.2 Å². The monoisotopic (exact) mass is 445 g/mol. The third-order valence-corrected chi connectivity index (χ3v) is 5.26. The highest BCUT2D eigenvalue weighted by Gasteiger charge is 2.15. The molecule has 0 radical (unpaired) electrons. The fraction of sp³-hybridized carbons (Fsp3) is 0.364. The number of rotatable bonds is 9. The Labute approximate surface area is 184 Å². The fourth-order valence-electron chi connectivity index (χ4n) is 3.45. The molecule has 4 rings (SSSR count). The highest BCUT2D eigenvalue weighted by Crippen LogP contribution is 2.32. The number of likely N-dealkylation sites (N-methyl/N-ethyl adjacent to an activating group) is 1. The van der Waals surface area contributed by atoms with Gasteiger partial charge in [0.05, 0.1) is 36.8 Å². The molecule has 0 amide bonds. The van der Waals surface area contributed by atoms with Gasteiger partial charge in [-0.2, -0.15) is 0 Å². The molecule has 9 heteroatoms. The maximum Gasteiger partial charge on any atom is 0.258 e. The number of aliphatic hydroxyl groups is 1. The van der Waals surface area contributed by atoms with E-state index in [-0.39, 0.29) is 19.0 Å². The first-order chi connectivity index (χ1) is 15.0. The zero-order valence-electron chi connectivity index (χ0n) is 17.1. The number of nitrogens with one attached hydrogen (secondary N) is 1. The Hall–Kier alpha value is -2.65. The Bertz CT molecular complexity index is 1120. The van der Waals surface area contributed by atoms with Gasteiger partial charge in [0, 0.05) is 11.6 Å². The van der Waals surface area contributed by atoms with Gasteiger partial charge >= 0.3 is 0 Å². The molecule has 1 aromatic heterocycles. The van der Waals surface area contributed by atoms with E-state index in [1.807, 2.05) is 30.0 Å². The number of halogens is 1. The van der Waals surface area contributed by atoms with E-state index in [0.29, 0.717) is 53.7 Å². The molecule has 3 aromatic rings. The van der Waals surface area contributed by atoms with Crippen LogP contribution in [0, 0.1) is 0 Å². The first-order valence-corrected chi connectivity index (χ1v) is 10.4. The van der Waals surface area contributed by atoms with Crippen LogP contribution in [0.25, 0.3) is 10.9 Å². The van der Waals surface area contributed by atoms with Crippen molar-refractivity contribution in [1.29, 1.82) is 0 Å². The number of hydrogen-bond acceptors (Lipinski definition) is 7. The second kappa shape index (κ2) is 9.65. The number of benzene rings is 2. The number of ether oxygens (including phenoxy) is 3. The smallest absolute Gasteiger partial charge is 0.258 e. The lowest BCUT2D eigenvalue weighted by Crippen LogP contribution is -2.35. The Kier molecular flexibility index (Phi) is 6.72. The molecule has 0 bridgehead atoms. The minimum atomic E-state index is -0.685. The Morgan fingerprint density at radius 2 is 2.10 bits per heavy atom. The number of aromatic amines is 1. The summed E-state index contributed by atoms with van der Waals surface area (Å²) >= 11 is 6.02. The summed E-state index contributed by atoms with van der Waals surface area (Å²) in [4.78, 5) is 21.6.